The Kier molecular flexibility index (Phi) is 5.38. The fourth-order valence-electron chi connectivity index (χ4n) is 2.85. The average Bonchev–Trinajstić information content (AvgIpc) is 2.43. The Morgan fingerprint density at radius 3 is 2.90 bits per heavy atom. The van der Waals surface area contributed by atoms with Gasteiger partial charge >= 0.3 is 0 Å². The van der Waals surface area contributed by atoms with Crippen LogP contribution in [0.5, 0.6) is 0 Å². The standard InChI is InChI=1S/C15H22ClFN2O/c1-3-11-9-20-10(2)8-19(11)14(7-18)15-12(16)5-4-6-13(15)17/h4-6,10-11,14H,3,7-9,18H2,1-2H3. The molecule has 0 spiro atoms. The van der Waals surface area contributed by atoms with Gasteiger partial charge in [-0.3, -0.25) is 4.90 Å². The van der Waals surface area contributed by atoms with Gasteiger partial charge in [0.2, 0.25) is 0 Å². The Hall–Kier alpha value is -0.680. The summed E-state index contributed by atoms with van der Waals surface area (Å²) in [6.07, 6.45) is 1.06. The van der Waals surface area contributed by atoms with Gasteiger partial charge in [0.1, 0.15) is 5.82 Å². The van der Waals surface area contributed by atoms with Crippen LogP contribution in [-0.2, 0) is 4.74 Å². The van der Waals surface area contributed by atoms with Crippen LogP contribution in [0.1, 0.15) is 31.9 Å². The molecular weight excluding hydrogens is 279 g/mol. The average molecular weight is 301 g/mol. The van der Waals surface area contributed by atoms with Crippen LogP contribution in [0.15, 0.2) is 18.2 Å². The molecular formula is C15H22ClFN2O. The minimum atomic E-state index is -0.290. The largest absolute Gasteiger partial charge is 0.376 e. The van der Waals surface area contributed by atoms with Gasteiger partial charge in [0.15, 0.2) is 0 Å². The van der Waals surface area contributed by atoms with Crippen molar-refractivity contribution in [3.8, 4) is 0 Å². The summed E-state index contributed by atoms with van der Waals surface area (Å²) in [5.74, 6) is -0.290. The summed E-state index contributed by atoms with van der Waals surface area (Å²) in [4.78, 5) is 2.23. The van der Waals surface area contributed by atoms with Crippen LogP contribution in [0.3, 0.4) is 0 Å². The number of hydrogen-bond acceptors (Lipinski definition) is 3. The second-order valence-electron chi connectivity index (χ2n) is 5.29. The Morgan fingerprint density at radius 2 is 2.30 bits per heavy atom. The van der Waals surface area contributed by atoms with E-state index in [4.69, 9.17) is 22.1 Å². The van der Waals surface area contributed by atoms with Crippen LogP contribution in [0.2, 0.25) is 5.02 Å². The molecule has 0 aromatic heterocycles. The summed E-state index contributed by atoms with van der Waals surface area (Å²) >= 11 is 6.20. The van der Waals surface area contributed by atoms with Crippen molar-refractivity contribution in [1.82, 2.24) is 4.90 Å². The molecule has 1 fully saturated rings. The van der Waals surface area contributed by atoms with Gasteiger partial charge in [-0.05, 0) is 25.5 Å². The number of nitrogens with zero attached hydrogens (tertiary/aromatic N) is 1. The highest BCUT2D eigenvalue weighted by Gasteiger charge is 2.33. The summed E-state index contributed by atoms with van der Waals surface area (Å²) in [6, 6.07) is 4.81. The predicted octanol–water partition coefficient (Wildman–Crippen LogP) is 2.98. The lowest BCUT2D eigenvalue weighted by Crippen LogP contribution is -2.51. The van der Waals surface area contributed by atoms with Crippen molar-refractivity contribution in [2.75, 3.05) is 19.7 Å². The molecule has 3 atom stereocenters. The molecule has 5 heteroatoms. The Morgan fingerprint density at radius 1 is 1.55 bits per heavy atom. The van der Waals surface area contributed by atoms with Crippen molar-refractivity contribution in [1.29, 1.82) is 0 Å². The maximum absolute atomic E-state index is 14.2. The van der Waals surface area contributed by atoms with E-state index in [0.717, 1.165) is 13.0 Å². The first-order chi connectivity index (χ1) is 9.58. The minimum Gasteiger partial charge on any atom is -0.376 e. The van der Waals surface area contributed by atoms with E-state index in [1.807, 2.05) is 6.92 Å². The van der Waals surface area contributed by atoms with Crippen LogP contribution in [0.4, 0.5) is 4.39 Å². The lowest BCUT2D eigenvalue weighted by atomic mass is 10.00. The zero-order valence-corrected chi connectivity index (χ0v) is 12.7. The van der Waals surface area contributed by atoms with Crippen molar-refractivity contribution >= 4 is 11.6 Å². The van der Waals surface area contributed by atoms with Crippen LogP contribution in [0, 0.1) is 5.82 Å². The third kappa shape index (κ3) is 3.14. The van der Waals surface area contributed by atoms with Gasteiger partial charge in [-0.1, -0.05) is 24.6 Å². The van der Waals surface area contributed by atoms with E-state index in [1.165, 1.54) is 6.07 Å². The molecule has 1 saturated heterocycles. The number of halogens is 2. The summed E-state index contributed by atoms with van der Waals surface area (Å²) in [6.45, 7) is 5.86. The highest BCUT2D eigenvalue weighted by atomic mass is 35.5. The van der Waals surface area contributed by atoms with E-state index in [9.17, 15) is 4.39 Å². The first kappa shape index (κ1) is 15.7. The maximum atomic E-state index is 14.2. The molecule has 0 bridgehead atoms. The van der Waals surface area contributed by atoms with E-state index >= 15 is 0 Å². The number of rotatable bonds is 4. The molecule has 0 radical (unpaired) electrons. The molecule has 112 valence electrons. The molecule has 2 rings (SSSR count). The number of benzene rings is 1. The molecule has 0 amide bonds. The fourth-order valence-corrected chi connectivity index (χ4v) is 3.14. The van der Waals surface area contributed by atoms with Gasteiger partial charge in [0.05, 0.1) is 18.8 Å². The van der Waals surface area contributed by atoms with E-state index < -0.39 is 0 Å². The zero-order valence-electron chi connectivity index (χ0n) is 12.0. The molecule has 3 unspecified atom stereocenters. The monoisotopic (exact) mass is 300 g/mol. The molecule has 20 heavy (non-hydrogen) atoms. The van der Waals surface area contributed by atoms with Crippen molar-refractivity contribution in [2.45, 2.75) is 38.5 Å². The summed E-state index contributed by atoms with van der Waals surface area (Å²) < 4.78 is 19.9. The Balaban J connectivity index is 2.35. The van der Waals surface area contributed by atoms with Crippen LogP contribution in [-0.4, -0.2) is 36.7 Å². The molecule has 0 saturated carbocycles. The quantitative estimate of drug-likeness (QED) is 0.929. The first-order valence-electron chi connectivity index (χ1n) is 7.09. The lowest BCUT2D eigenvalue weighted by Gasteiger charge is -2.43. The van der Waals surface area contributed by atoms with Gasteiger partial charge < -0.3 is 10.5 Å². The third-order valence-electron chi connectivity index (χ3n) is 3.94. The molecule has 2 N–H and O–H groups in total. The highest BCUT2D eigenvalue weighted by molar-refractivity contribution is 6.31. The molecule has 1 aliphatic heterocycles. The predicted molar refractivity (Wildman–Crippen MR) is 79.4 cm³/mol. The van der Waals surface area contributed by atoms with Gasteiger partial charge in [-0.15, -0.1) is 0 Å². The van der Waals surface area contributed by atoms with E-state index in [0.29, 0.717) is 23.7 Å². The Bertz CT molecular complexity index is 437. The van der Waals surface area contributed by atoms with Crippen molar-refractivity contribution < 1.29 is 9.13 Å². The molecule has 1 aliphatic rings. The summed E-state index contributed by atoms with van der Waals surface area (Å²) in [7, 11) is 0. The van der Waals surface area contributed by atoms with E-state index in [-0.39, 0.29) is 24.0 Å². The number of hydrogen-bond donors (Lipinski definition) is 1. The Labute approximate surface area is 124 Å². The van der Waals surface area contributed by atoms with E-state index in [1.54, 1.807) is 12.1 Å². The highest BCUT2D eigenvalue weighted by Crippen LogP contribution is 2.33. The number of nitrogens with two attached hydrogens (primary N) is 1. The SMILES string of the molecule is CCC1COC(C)CN1C(CN)c1c(F)cccc1Cl. The van der Waals surface area contributed by atoms with Crippen molar-refractivity contribution in [3.05, 3.63) is 34.6 Å². The van der Waals surface area contributed by atoms with Crippen LogP contribution >= 0.6 is 11.6 Å². The maximum Gasteiger partial charge on any atom is 0.129 e. The molecule has 1 heterocycles. The van der Waals surface area contributed by atoms with Crippen LogP contribution < -0.4 is 5.73 Å². The summed E-state index contributed by atoms with van der Waals surface area (Å²) in [5, 5.41) is 0.439. The second-order valence-corrected chi connectivity index (χ2v) is 5.70. The summed E-state index contributed by atoms with van der Waals surface area (Å²) in [5.41, 5.74) is 6.43. The van der Waals surface area contributed by atoms with Gasteiger partial charge in [0.25, 0.3) is 0 Å². The van der Waals surface area contributed by atoms with Gasteiger partial charge in [-0.2, -0.15) is 0 Å². The number of ether oxygens (including phenoxy) is 1. The second kappa shape index (κ2) is 6.85. The zero-order chi connectivity index (χ0) is 14.7. The first-order valence-corrected chi connectivity index (χ1v) is 7.47. The van der Waals surface area contributed by atoms with Gasteiger partial charge in [-0.25, -0.2) is 4.39 Å². The minimum absolute atomic E-state index is 0.123. The third-order valence-corrected chi connectivity index (χ3v) is 4.27. The molecule has 1 aromatic rings. The smallest absolute Gasteiger partial charge is 0.129 e. The fraction of sp³-hybridized carbons (Fsp3) is 0.600. The molecule has 3 nitrogen and oxygen atoms in total. The molecule has 0 aliphatic carbocycles. The number of morpholine rings is 1. The van der Waals surface area contributed by atoms with Gasteiger partial charge in [0, 0.05) is 29.7 Å². The van der Waals surface area contributed by atoms with Crippen molar-refractivity contribution in [2.24, 2.45) is 5.73 Å². The van der Waals surface area contributed by atoms with E-state index in [2.05, 4.69) is 11.8 Å². The normalized spacial score (nSPS) is 25.6. The lowest BCUT2D eigenvalue weighted by molar-refractivity contribution is -0.0723. The van der Waals surface area contributed by atoms with Crippen LogP contribution in [0.25, 0.3) is 0 Å². The topological polar surface area (TPSA) is 38.5 Å². The van der Waals surface area contributed by atoms with Crippen molar-refractivity contribution in [3.63, 3.8) is 0 Å². The molecule has 1 aromatic carbocycles.